The van der Waals surface area contributed by atoms with Gasteiger partial charge < -0.3 is 9.72 Å². The third-order valence-electron chi connectivity index (χ3n) is 3.11. The molecule has 1 heterocycles. The Morgan fingerprint density at radius 1 is 1.24 bits per heavy atom. The number of rotatable bonds is 3. The molecule has 5 heteroatoms. The van der Waals surface area contributed by atoms with Gasteiger partial charge >= 0.3 is 0 Å². The molecule has 1 aromatic heterocycles. The van der Waals surface area contributed by atoms with Gasteiger partial charge in [0.25, 0.3) is 0 Å². The van der Waals surface area contributed by atoms with Gasteiger partial charge in [0.2, 0.25) is 11.9 Å². The van der Waals surface area contributed by atoms with Crippen molar-refractivity contribution >= 4 is 11.9 Å². The number of aromatic amines is 1. The summed E-state index contributed by atoms with van der Waals surface area (Å²) in [6.07, 6.45) is 0. The third kappa shape index (κ3) is 3.42. The monoisotopic (exact) mass is 287 g/mol. The molecule has 21 heavy (non-hydrogen) atoms. The Hall–Kier alpha value is -2.30. The lowest BCUT2D eigenvalue weighted by molar-refractivity contribution is -0.114. The SMILES string of the molecule is COc1ccc(-c2nc(NC(C)=O)[nH]c2C(C)(C)C)cc1. The fraction of sp³-hybridized carbons (Fsp3) is 0.375. The van der Waals surface area contributed by atoms with Crippen molar-refractivity contribution in [2.75, 3.05) is 12.4 Å². The van der Waals surface area contributed by atoms with Crippen molar-refractivity contribution in [3.63, 3.8) is 0 Å². The molecule has 2 N–H and O–H groups in total. The second kappa shape index (κ2) is 5.60. The molecule has 2 aromatic rings. The first-order valence-corrected chi connectivity index (χ1v) is 6.84. The van der Waals surface area contributed by atoms with Crippen LogP contribution < -0.4 is 10.1 Å². The van der Waals surface area contributed by atoms with E-state index in [1.807, 2.05) is 24.3 Å². The van der Waals surface area contributed by atoms with Crippen LogP contribution in [0.4, 0.5) is 5.95 Å². The van der Waals surface area contributed by atoms with Gasteiger partial charge in [-0.2, -0.15) is 0 Å². The van der Waals surface area contributed by atoms with Crippen molar-refractivity contribution in [2.24, 2.45) is 0 Å². The van der Waals surface area contributed by atoms with Crippen LogP contribution in [0.5, 0.6) is 5.75 Å². The summed E-state index contributed by atoms with van der Waals surface area (Å²) in [5.74, 6) is 1.12. The minimum absolute atomic E-state index is 0.112. The van der Waals surface area contributed by atoms with Gasteiger partial charge in [0.15, 0.2) is 0 Å². The normalized spacial score (nSPS) is 11.3. The van der Waals surface area contributed by atoms with Crippen molar-refractivity contribution in [1.82, 2.24) is 9.97 Å². The Labute approximate surface area is 124 Å². The smallest absolute Gasteiger partial charge is 0.223 e. The van der Waals surface area contributed by atoms with E-state index in [2.05, 4.69) is 36.1 Å². The van der Waals surface area contributed by atoms with Crippen LogP contribution in [0.15, 0.2) is 24.3 Å². The molecule has 0 spiro atoms. The quantitative estimate of drug-likeness (QED) is 0.909. The highest BCUT2D eigenvalue weighted by atomic mass is 16.5. The minimum Gasteiger partial charge on any atom is -0.497 e. The summed E-state index contributed by atoms with van der Waals surface area (Å²) in [4.78, 5) is 18.9. The highest BCUT2D eigenvalue weighted by Gasteiger charge is 2.23. The topological polar surface area (TPSA) is 67.0 Å². The Morgan fingerprint density at radius 2 is 1.86 bits per heavy atom. The van der Waals surface area contributed by atoms with Crippen LogP contribution in [0.2, 0.25) is 0 Å². The van der Waals surface area contributed by atoms with Gasteiger partial charge in [0, 0.05) is 23.6 Å². The number of anilines is 1. The van der Waals surface area contributed by atoms with Gasteiger partial charge in [-0.05, 0) is 24.3 Å². The van der Waals surface area contributed by atoms with Gasteiger partial charge in [-0.1, -0.05) is 20.8 Å². The average Bonchev–Trinajstić information content (AvgIpc) is 2.82. The fourth-order valence-electron chi connectivity index (χ4n) is 2.10. The predicted octanol–water partition coefficient (Wildman–Crippen LogP) is 3.34. The number of amides is 1. The lowest BCUT2D eigenvalue weighted by Gasteiger charge is -2.18. The third-order valence-corrected chi connectivity index (χ3v) is 3.11. The van der Waals surface area contributed by atoms with Crippen molar-refractivity contribution < 1.29 is 9.53 Å². The van der Waals surface area contributed by atoms with E-state index in [0.29, 0.717) is 5.95 Å². The van der Waals surface area contributed by atoms with Gasteiger partial charge in [-0.3, -0.25) is 10.1 Å². The first-order valence-electron chi connectivity index (χ1n) is 6.84. The standard InChI is InChI=1S/C16H21N3O2/c1-10(20)17-15-18-13(14(19-15)16(2,3)4)11-6-8-12(21-5)9-7-11/h6-9H,1-5H3,(H2,17,18,19,20). The van der Waals surface area contributed by atoms with Crippen molar-refractivity contribution in [3.8, 4) is 17.0 Å². The predicted molar refractivity (Wildman–Crippen MR) is 83.6 cm³/mol. The Balaban J connectivity index is 2.49. The van der Waals surface area contributed by atoms with Gasteiger partial charge in [0.1, 0.15) is 5.75 Å². The fourth-order valence-corrected chi connectivity index (χ4v) is 2.10. The first-order chi connectivity index (χ1) is 9.81. The molecule has 2 rings (SSSR count). The maximum Gasteiger partial charge on any atom is 0.223 e. The van der Waals surface area contributed by atoms with Crippen LogP contribution in [0.3, 0.4) is 0 Å². The zero-order chi connectivity index (χ0) is 15.6. The number of hydrogen-bond acceptors (Lipinski definition) is 3. The number of nitrogens with one attached hydrogen (secondary N) is 2. The molecule has 0 saturated carbocycles. The first kappa shape index (κ1) is 15.1. The zero-order valence-electron chi connectivity index (χ0n) is 13.1. The molecule has 0 aliphatic heterocycles. The summed E-state index contributed by atoms with van der Waals surface area (Å²) < 4.78 is 5.18. The van der Waals surface area contributed by atoms with Crippen LogP contribution in [-0.4, -0.2) is 23.0 Å². The van der Waals surface area contributed by atoms with Gasteiger partial charge in [-0.15, -0.1) is 0 Å². The molecule has 5 nitrogen and oxygen atoms in total. The van der Waals surface area contributed by atoms with E-state index in [1.165, 1.54) is 6.92 Å². The van der Waals surface area contributed by atoms with Gasteiger partial charge in [-0.25, -0.2) is 4.98 Å². The largest absolute Gasteiger partial charge is 0.497 e. The van der Waals surface area contributed by atoms with E-state index in [0.717, 1.165) is 22.7 Å². The van der Waals surface area contributed by atoms with Crippen LogP contribution in [0, 0.1) is 0 Å². The van der Waals surface area contributed by atoms with E-state index >= 15 is 0 Å². The molecule has 112 valence electrons. The van der Waals surface area contributed by atoms with E-state index < -0.39 is 0 Å². The maximum atomic E-state index is 11.2. The number of H-pyrrole nitrogens is 1. The Bertz CT molecular complexity index is 637. The second-order valence-corrected chi connectivity index (χ2v) is 5.97. The van der Waals surface area contributed by atoms with Crippen LogP contribution >= 0.6 is 0 Å². The molecule has 0 atom stereocenters. The van der Waals surface area contributed by atoms with Crippen LogP contribution in [0.1, 0.15) is 33.4 Å². The number of carbonyl (C=O) groups is 1. The van der Waals surface area contributed by atoms with Crippen LogP contribution in [0.25, 0.3) is 11.3 Å². The second-order valence-electron chi connectivity index (χ2n) is 5.97. The molecular weight excluding hydrogens is 266 g/mol. The molecular formula is C16H21N3O2. The summed E-state index contributed by atoms with van der Waals surface area (Å²) in [7, 11) is 1.64. The molecule has 0 bridgehead atoms. The Kier molecular flexibility index (Phi) is 4.02. The van der Waals surface area contributed by atoms with E-state index in [9.17, 15) is 4.79 Å². The number of benzene rings is 1. The van der Waals surface area contributed by atoms with E-state index in [1.54, 1.807) is 7.11 Å². The van der Waals surface area contributed by atoms with E-state index in [4.69, 9.17) is 4.74 Å². The molecule has 0 radical (unpaired) electrons. The molecule has 0 fully saturated rings. The molecule has 1 amide bonds. The van der Waals surface area contributed by atoms with Crippen molar-refractivity contribution in [2.45, 2.75) is 33.1 Å². The zero-order valence-corrected chi connectivity index (χ0v) is 13.1. The number of nitrogens with zero attached hydrogens (tertiary/aromatic N) is 1. The summed E-state index contributed by atoms with van der Waals surface area (Å²) in [6, 6.07) is 7.71. The highest BCUT2D eigenvalue weighted by molar-refractivity contribution is 5.87. The molecule has 1 aromatic carbocycles. The molecule has 0 saturated heterocycles. The highest BCUT2D eigenvalue weighted by Crippen LogP contribution is 2.33. The summed E-state index contributed by atoms with van der Waals surface area (Å²) in [6.45, 7) is 7.77. The average molecular weight is 287 g/mol. The number of hydrogen-bond donors (Lipinski definition) is 2. The maximum absolute atomic E-state index is 11.2. The summed E-state index contributed by atoms with van der Waals surface area (Å²) >= 11 is 0. The number of imidazole rings is 1. The lowest BCUT2D eigenvalue weighted by Crippen LogP contribution is -2.13. The minimum atomic E-state index is -0.148. The molecule has 0 aliphatic carbocycles. The number of methoxy groups -OCH3 is 1. The van der Waals surface area contributed by atoms with Crippen molar-refractivity contribution in [1.29, 1.82) is 0 Å². The lowest BCUT2D eigenvalue weighted by atomic mass is 9.89. The number of ether oxygens (including phenoxy) is 1. The van der Waals surface area contributed by atoms with Crippen LogP contribution in [-0.2, 0) is 10.2 Å². The van der Waals surface area contributed by atoms with Crippen molar-refractivity contribution in [3.05, 3.63) is 30.0 Å². The Morgan fingerprint density at radius 3 is 2.33 bits per heavy atom. The molecule has 0 aliphatic rings. The number of carbonyl (C=O) groups excluding carboxylic acids is 1. The molecule has 0 unspecified atom stereocenters. The number of aromatic nitrogens is 2. The van der Waals surface area contributed by atoms with Gasteiger partial charge in [0.05, 0.1) is 12.8 Å². The summed E-state index contributed by atoms with van der Waals surface area (Å²) in [5, 5.41) is 2.70. The summed E-state index contributed by atoms with van der Waals surface area (Å²) in [5.41, 5.74) is 2.69. The van der Waals surface area contributed by atoms with E-state index in [-0.39, 0.29) is 11.3 Å².